The number of likely N-dealkylation sites (tertiary alicyclic amines) is 1. The molecule has 164 valence electrons. The highest BCUT2D eigenvalue weighted by Crippen LogP contribution is 2.33. The molecule has 6 nitrogen and oxygen atoms in total. The Hall–Kier alpha value is -2.37. The predicted octanol–water partition coefficient (Wildman–Crippen LogP) is 3.96. The van der Waals surface area contributed by atoms with Crippen molar-refractivity contribution in [3.63, 3.8) is 0 Å². The molecular formula is C24H35N3O3. The van der Waals surface area contributed by atoms with Gasteiger partial charge in [0.2, 0.25) is 11.8 Å². The fourth-order valence-electron chi connectivity index (χ4n) is 4.76. The summed E-state index contributed by atoms with van der Waals surface area (Å²) in [6.45, 7) is 3.24. The number of para-hydroxylation sites is 1. The molecule has 0 bridgehead atoms. The van der Waals surface area contributed by atoms with Gasteiger partial charge in [-0.05, 0) is 56.6 Å². The molecule has 0 unspecified atom stereocenters. The first-order valence-corrected chi connectivity index (χ1v) is 11.5. The number of carbonyl (C=O) groups is 3. The van der Waals surface area contributed by atoms with Gasteiger partial charge in [-0.25, -0.2) is 0 Å². The minimum atomic E-state index is -0.292. The average Bonchev–Trinajstić information content (AvgIpc) is 2.78. The standard InChI is InChI=1S/C24H35N3O3/c1-2-3-6-17-9-11-19(12-10-17)23(29)26-21-8-5-4-7-20(21)24(30)27-15-13-18(14-16-27)22(25)28/h4-5,7-8,17-19H,2-3,6,9-16H2,1H3,(H2,25,28)(H,26,29). The maximum absolute atomic E-state index is 13.1. The van der Waals surface area contributed by atoms with Crippen LogP contribution in [0.2, 0.25) is 0 Å². The van der Waals surface area contributed by atoms with Crippen LogP contribution in [-0.2, 0) is 9.59 Å². The fraction of sp³-hybridized carbons (Fsp3) is 0.625. The lowest BCUT2D eigenvalue weighted by Gasteiger charge is -2.31. The first-order chi connectivity index (χ1) is 14.5. The van der Waals surface area contributed by atoms with Gasteiger partial charge in [0.1, 0.15) is 0 Å². The van der Waals surface area contributed by atoms with Gasteiger partial charge < -0.3 is 16.0 Å². The van der Waals surface area contributed by atoms with Gasteiger partial charge in [0.05, 0.1) is 11.3 Å². The molecule has 0 spiro atoms. The molecule has 1 aromatic rings. The number of benzene rings is 1. The van der Waals surface area contributed by atoms with Gasteiger partial charge in [0, 0.05) is 24.9 Å². The van der Waals surface area contributed by atoms with Crippen molar-refractivity contribution in [3.8, 4) is 0 Å². The van der Waals surface area contributed by atoms with E-state index in [-0.39, 0.29) is 29.6 Å². The smallest absolute Gasteiger partial charge is 0.255 e. The van der Waals surface area contributed by atoms with Crippen LogP contribution in [0.25, 0.3) is 0 Å². The summed E-state index contributed by atoms with van der Waals surface area (Å²) in [4.78, 5) is 39.0. The lowest BCUT2D eigenvalue weighted by Crippen LogP contribution is -2.42. The number of nitrogens with two attached hydrogens (primary N) is 1. The van der Waals surface area contributed by atoms with Gasteiger partial charge in [-0.3, -0.25) is 14.4 Å². The van der Waals surface area contributed by atoms with E-state index in [9.17, 15) is 14.4 Å². The zero-order valence-corrected chi connectivity index (χ0v) is 18.1. The summed E-state index contributed by atoms with van der Waals surface area (Å²) in [7, 11) is 0. The van der Waals surface area contributed by atoms with Crippen LogP contribution in [0, 0.1) is 17.8 Å². The predicted molar refractivity (Wildman–Crippen MR) is 118 cm³/mol. The van der Waals surface area contributed by atoms with Crippen molar-refractivity contribution in [1.29, 1.82) is 0 Å². The lowest BCUT2D eigenvalue weighted by atomic mass is 9.79. The third kappa shape index (κ3) is 5.61. The van der Waals surface area contributed by atoms with E-state index in [4.69, 9.17) is 5.73 Å². The Morgan fingerprint density at radius 1 is 1.00 bits per heavy atom. The second-order valence-corrected chi connectivity index (χ2v) is 8.86. The molecule has 1 saturated heterocycles. The number of rotatable bonds is 7. The van der Waals surface area contributed by atoms with E-state index in [2.05, 4.69) is 12.2 Å². The van der Waals surface area contributed by atoms with Gasteiger partial charge >= 0.3 is 0 Å². The van der Waals surface area contributed by atoms with E-state index in [1.165, 1.54) is 19.3 Å². The number of carbonyl (C=O) groups excluding carboxylic acids is 3. The Morgan fingerprint density at radius 3 is 2.30 bits per heavy atom. The van der Waals surface area contributed by atoms with Crippen molar-refractivity contribution in [2.24, 2.45) is 23.5 Å². The number of anilines is 1. The van der Waals surface area contributed by atoms with Crippen molar-refractivity contribution >= 4 is 23.4 Å². The third-order valence-corrected chi connectivity index (χ3v) is 6.78. The highest BCUT2D eigenvalue weighted by molar-refractivity contribution is 6.04. The summed E-state index contributed by atoms with van der Waals surface area (Å²) < 4.78 is 0. The number of piperidine rings is 1. The number of hydrogen-bond donors (Lipinski definition) is 2. The summed E-state index contributed by atoms with van der Waals surface area (Å²) in [5.41, 5.74) is 6.49. The molecule has 3 amide bonds. The van der Waals surface area contributed by atoms with Crippen LogP contribution in [-0.4, -0.2) is 35.7 Å². The normalized spacial score (nSPS) is 22.5. The average molecular weight is 414 g/mol. The maximum Gasteiger partial charge on any atom is 0.255 e. The van der Waals surface area contributed by atoms with E-state index >= 15 is 0 Å². The summed E-state index contributed by atoms with van der Waals surface area (Å²) >= 11 is 0. The van der Waals surface area contributed by atoms with Crippen molar-refractivity contribution in [3.05, 3.63) is 29.8 Å². The van der Waals surface area contributed by atoms with Gasteiger partial charge in [-0.15, -0.1) is 0 Å². The number of nitrogens with one attached hydrogen (secondary N) is 1. The van der Waals surface area contributed by atoms with Crippen LogP contribution in [0.5, 0.6) is 0 Å². The van der Waals surface area contributed by atoms with Gasteiger partial charge in [-0.1, -0.05) is 38.3 Å². The molecule has 6 heteroatoms. The number of hydrogen-bond acceptors (Lipinski definition) is 3. The highest BCUT2D eigenvalue weighted by atomic mass is 16.2. The molecule has 1 heterocycles. The Kier molecular flexibility index (Phi) is 7.88. The maximum atomic E-state index is 13.1. The Morgan fingerprint density at radius 2 is 1.67 bits per heavy atom. The van der Waals surface area contributed by atoms with E-state index in [1.807, 2.05) is 12.1 Å². The zero-order chi connectivity index (χ0) is 21.5. The second kappa shape index (κ2) is 10.6. The van der Waals surface area contributed by atoms with E-state index < -0.39 is 0 Å². The van der Waals surface area contributed by atoms with Crippen LogP contribution in [0.1, 0.15) is 75.1 Å². The van der Waals surface area contributed by atoms with Crippen LogP contribution in [0.4, 0.5) is 5.69 Å². The second-order valence-electron chi connectivity index (χ2n) is 8.86. The van der Waals surface area contributed by atoms with Crippen molar-refractivity contribution in [2.45, 2.75) is 64.7 Å². The number of unbranched alkanes of at least 4 members (excludes halogenated alkanes) is 1. The number of nitrogens with zero attached hydrogens (tertiary/aromatic N) is 1. The molecule has 3 N–H and O–H groups in total. The monoisotopic (exact) mass is 413 g/mol. The summed E-state index contributed by atoms with van der Waals surface area (Å²) in [6, 6.07) is 7.22. The van der Waals surface area contributed by atoms with Crippen molar-refractivity contribution in [2.75, 3.05) is 18.4 Å². The molecule has 30 heavy (non-hydrogen) atoms. The summed E-state index contributed by atoms with van der Waals surface area (Å²) in [5, 5.41) is 3.02. The molecule has 2 aliphatic rings. The number of primary amides is 1. The van der Waals surface area contributed by atoms with Gasteiger partial charge in [-0.2, -0.15) is 0 Å². The topological polar surface area (TPSA) is 92.5 Å². The van der Waals surface area contributed by atoms with E-state index in [0.717, 1.165) is 31.6 Å². The molecule has 0 aromatic heterocycles. The molecule has 1 aliphatic carbocycles. The fourth-order valence-corrected chi connectivity index (χ4v) is 4.76. The first-order valence-electron chi connectivity index (χ1n) is 11.5. The molecule has 1 aliphatic heterocycles. The Labute approximate surface area is 179 Å². The molecule has 3 rings (SSSR count). The van der Waals surface area contributed by atoms with E-state index in [1.54, 1.807) is 17.0 Å². The largest absolute Gasteiger partial charge is 0.369 e. The SMILES string of the molecule is CCCCC1CCC(C(=O)Nc2ccccc2C(=O)N2CCC(C(N)=O)CC2)CC1. The van der Waals surface area contributed by atoms with Crippen LogP contribution in [0.3, 0.4) is 0 Å². The zero-order valence-electron chi connectivity index (χ0n) is 18.1. The molecule has 1 aromatic carbocycles. The minimum absolute atomic E-state index is 0.0247. The molecule has 2 fully saturated rings. The number of amides is 3. The summed E-state index contributed by atoms with van der Waals surface area (Å²) in [5.74, 6) is 0.257. The van der Waals surface area contributed by atoms with Crippen molar-refractivity contribution < 1.29 is 14.4 Å². The van der Waals surface area contributed by atoms with E-state index in [0.29, 0.717) is 37.2 Å². The van der Waals surface area contributed by atoms with Crippen molar-refractivity contribution in [1.82, 2.24) is 4.90 Å². The Bertz CT molecular complexity index is 748. The van der Waals surface area contributed by atoms with Gasteiger partial charge in [0.15, 0.2) is 0 Å². The quantitative estimate of drug-likeness (QED) is 0.709. The first kappa shape index (κ1) is 22.3. The third-order valence-electron chi connectivity index (χ3n) is 6.78. The Balaban J connectivity index is 1.58. The molecule has 0 atom stereocenters. The summed E-state index contributed by atoms with van der Waals surface area (Å²) in [6.07, 6.45) is 9.05. The molecule has 0 radical (unpaired) electrons. The minimum Gasteiger partial charge on any atom is -0.369 e. The molecule has 1 saturated carbocycles. The highest BCUT2D eigenvalue weighted by Gasteiger charge is 2.29. The van der Waals surface area contributed by atoms with Crippen LogP contribution >= 0.6 is 0 Å². The van der Waals surface area contributed by atoms with Crippen LogP contribution in [0.15, 0.2) is 24.3 Å². The lowest BCUT2D eigenvalue weighted by molar-refractivity contribution is -0.123. The van der Waals surface area contributed by atoms with Gasteiger partial charge in [0.25, 0.3) is 5.91 Å². The van der Waals surface area contributed by atoms with Crippen LogP contribution < -0.4 is 11.1 Å². The molecular weight excluding hydrogens is 378 g/mol.